The number of likely N-dealkylation sites (tertiary alicyclic amines) is 1. The number of piperidine rings is 1. The number of carbonyl (C=O) groups excluding carboxylic acids is 1. The summed E-state index contributed by atoms with van der Waals surface area (Å²) < 4.78 is 5.17. The number of nitrogens with one attached hydrogen (secondary N) is 1. The summed E-state index contributed by atoms with van der Waals surface area (Å²) >= 11 is 0. The van der Waals surface area contributed by atoms with Crippen LogP contribution in [0.1, 0.15) is 26.7 Å². The molecule has 1 aliphatic rings. The average molecular weight is 252 g/mol. The Kier molecular flexibility index (Phi) is 6.50. The number of nitrogens with zero attached hydrogens (tertiary/aromatic N) is 1. The molecule has 102 valence electrons. The van der Waals surface area contributed by atoms with Crippen LogP contribution in [0.4, 0.5) is 4.79 Å². The van der Waals surface area contributed by atoms with E-state index in [1.807, 2.05) is 19.9 Å². The van der Waals surface area contributed by atoms with E-state index in [0.29, 0.717) is 18.2 Å². The Morgan fingerprint density at radius 3 is 2.89 bits per heavy atom. The van der Waals surface area contributed by atoms with Gasteiger partial charge in [-0.05, 0) is 58.4 Å². The first-order chi connectivity index (χ1) is 8.65. The van der Waals surface area contributed by atoms with Gasteiger partial charge in [-0.2, -0.15) is 0 Å². The summed E-state index contributed by atoms with van der Waals surface area (Å²) in [5.74, 6) is 1.11. The lowest BCUT2D eigenvalue weighted by Crippen LogP contribution is -2.39. The summed E-state index contributed by atoms with van der Waals surface area (Å²) in [6.07, 6.45) is 7.40. The number of carbonyl (C=O) groups is 1. The van der Waals surface area contributed by atoms with Gasteiger partial charge in [0.25, 0.3) is 0 Å². The van der Waals surface area contributed by atoms with E-state index in [-0.39, 0.29) is 6.09 Å². The third-order valence-corrected chi connectivity index (χ3v) is 3.08. The summed E-state index contributed by atoms with van der Waals surface area (Å²) in [5.41, 5.74) is 0. The van der Waals surface area contributed by atoms with E-state index in [2.05, 4.69) is 17.3 Å². The highest BCUT2D eigenvalue weighted by atomic mass is 16.6. The van der Waals surface area contributed by atoms with E-state index in [4.69, 9.17) is 4.74 Å². The second kappa shape index (κ2) is 7.93. The number of allylic oxidation sites excluding steroid dienone is 3. The Balaban J connectivity index is 2.28. The molecule has 1 amide bonds. The Hall–Kier alpha value is -1.29. The largest absolute Gasteiger partial charge is 0.412 e. The molecule has 0 bridgehead atoms. The predicted octanol–water partition coefficient (Wildman–Crippen LogP) is 2.53. The molecule has 18 heavy (non-hydrogen) atoms. The number of hydrogen-bond acceptors (Lipinski definition) is 3. The lowest BCUT2D eigenvalue weighted by molar-refractivity contribution is 0.167. The minimum Gasteiger partial charge on any atom is -0.411 e. The molecule has 1 rings (SSSR count). The van der Waals surface area contributed by atoms with Gasteiger partial charge in [0.2, 0.25) is 0 Å². The van der Waals surface area contributed by atoms with E-state index >= 15 is 0 Å². The molecule has 0 radical (unpaired) electrons. The number of rotatable bonds is 4. The van der Waals surface area contributed by atoms with Crippen LogP contribution in [0.3, 0.4) is 0 Å². The maximum Gasteiger partial charge on any atom is 0.412 e. The summed E-state index contributed by atoms with van der Waals surface area (Å²) in [6, 6.07) is 0. The Bertz CT molecular complexity index is 324. The molecular formula is C14H24N2O2. The van der Waals surface area contributed by atoms with Crippen LogP contribution < -0.4 is 5.32 Å². The zero-order valence-electron chi connectivity index (χ0n) is 11.6. The molecule has 1 heterocycles. The van der Waals surface area contributed by atoms with E-state index < -0.39 is 0 Å². The van der Waals surface area contributed by atoms with Gasteiger partial charge in [-0.15, -0.1) is 0 Å². The van der Waals surface area contributed by atoms with Crippen molar-refractivity contribution in [3.63, 3.8) is 0 Å². The quantitative estimate of drug-likeness (QED) is 0.617. The van der Waals surface area contributed by atoms with Crippen molar-refractivity contribution in [3.8, 4) is 0 Å². The second-order valence-electron chi connectivity index (χ2n) is 4.73. The van der Waals surface area contributed by atoms with E-state index in [0.717, 1.165) is 13.1 Å². The summed E-state index contributed by atoms with van der Waals surface area (Å²) in [7, 11) is 2.12. The maximum atomic E-state index is 11.6. The first kappa shape index (κ1) is 14.8. The van der Waals surface area contributed by atoms with Crippen LogP contribution in [0, 0.1) is 5.92 Å². The smallest absolute Gasteiger partial charge is 0.411 e. The van der Waals surface area contributed by atoms with Gasteiger partial charge in [-0.3, -0.25) is 0 Å². The van der Waals surface area contributed by atoms with Gasteiger partial charge in [0.15, 0.2) is 0 Å². The Labute approximate surface area is 110 Å². The first-order valence-corrected chi connectivity index (χ1v) is 6.59. The monoisotopic (exact) mass is 252 g/mol. The van der Waals surface area contributed by atoms with Crippen LogP contribution in [0.5, 0.6) is 0 Å². The summed E-state index contributed by atoms with van der Waals surface area (Å²) in [5, 5.41) is 2.83. The number of alkyl carbamates (subject to hydrolysis) is 1. The standard InChI is InChI=1S/C14H24N2O2/c1-4-7-13(5-2)18-14(17)15-10-12-8-6-9-16(3)11-12/h4-5,7,12H,6,8-11H2,1-3H3,(H,15,17)/b7-4-,13-5+. The summed E-state index contributed by atoms with van der Waals surface area (Å²) in [6.45, 7) is 6.63. The van der Waals surface area contributed by atoms with Crippen LogP contribution in [0.2, 0.25) is 0 Å². The zero-order valence-corrected chi connectivity index (χ0v) is 11.6. The highest BCUT2D eigenvalue weighted by Crippen LogP contribution is 2.13. The van der Waals surface area contributed by atoms with Crippen LogP contribution in [-0.2, 0) is 4.74 Å². The van der Waals surface area contributed by atoms with Gasteiger partial charge < -0.3 is 15.0 Å². The van der Waals surface area contributed by atoms with Gasteiger partial charge in [-0.1, -0.05) is 6.08 Å². The van der Waals surface area contributed by atoms with Crippen LogP contribution in [0.25, 0.3) is 0 Å². The van der Waals surface area contributed by atoms with Gasteiger partial charge in [0.1, 0.15) is 5.76 Å². The molecule has 4 heteroatoms. The van der Waals surface area contributed by atoms with Crippen molar-refractivity contribution >= 4 is 6.09 Å². The van der Waals surface area contributed by atoms with E-state index in [1.165, 1.54) is 12.8 Å². The number of hydrogen-bond donors (Lipinski definition) is 1. The molecule has 0 saturated carbocycles. The molecule has 1 atom stereocenters. The van der Waals surface area contributed by atoms with Crippen molar-refractivity contribution in [1.29, 1.82) is 0 Å². The third-order valence-electron chi connectivity index (χ3n) is 3.08. The van der Waals surface area contributed by atoms with Crippen LogP contribution >= 0.6 is 0 Å². The Morgan fingerprint density at radius 2 is 2.28 bits per heavy atom. The second-order valence-corrected chi connectivity index (χ2v) is 4.73. The first-order valence-electron chi connectivity index (χ1n) is 6.59. The molecule has 1 fully saturated rings. The molecule has 0 spiro atoms. The molecule has 0 aromatic rings. The number of amides is 1. The molecule has 0 aromatic carbocycles. The van der Waals surface area contributed by atoms with Crippen LogP contribution in [0.15, 0.2) is 24.0 Å². The molecule has 1 unspecified atom stereocenters. The zero-order chi connectivity index (χ0) is 13.4. The predicted molar refractivity (Wildman–Crippen MR) is 73.3 cm³/mol. The molecule has 1 saturated heterocycles. The topological polar surface area (TPSA) is 41.6 Å². The molecule has 1 aliphatic heterocycles. The highest BCUT2D eigenvalue weighted by molar-refractivity contribution is 5.68. The molecule has 0 aromatic heterocycles. The van der Waals surface area contributed by atoms with E-state index in [9.17, 15) is 4.79 Å². The minimum absolute atomic E-state index is 0.366. The highest BCUT2D eigenvalue weighted by Gasteiger charge is 2.17. The molecule has 4 nitrogen and oxygen atoms in total. The van der Waals surface area contributed by atoms with Gasteiger partial charge >= 0.3 is 6.09 Å². The maximum absolute atomic E-state index is 11.6. The van der Waals surface area contributed by atoms with Crippen molar-refractivity contribution < 1.29 is 9.53 Å². The lowest BCUT2D eigenvalue weighted by atomic mass is 9.99. The van der Waals surface area contributed by atoms with Crippen molar-refractivity contribution in [2.45, 2.75) is 26.7 Å². The summed E-state index contributed by atoms with van der Waals surface area (Å²) in [4.78, 5) is 13.9. The van der Waals surface area contributed by atoms with Crippen molar-refractivity contribution in [3.05, 3.63) is 24.0 Å². The van der Waals surface area contributed by atoms with Gasteiger partial charge in [0.05, 0.1) is 0 Å². The van der Waals surface area contributed by atoms with Crippen molar-refractivity contribution in [1.82, 2.24) is 10.2 Å². The van der Waals surface area contributed by atoms with Crippen LogP contribution in [-0.4, -0.2) is 37.7 Å². The van der Waals surface area contributed by atoms with E-state index in [1.54, 1.807) is 12.2 Å². The minimum atomic E-state index is -0.366. The third kappa shape index (κ3) is 5.36. The molecule has 1 N–H and O–H groups in total. The number of ether oxygens (including phenoxy) is 1. The molecular weight excluding hydrogens is 228 g/mol. The SMILES string of the molecule is C/C=C\C(=C/C)OC(=O)NCC1CCCN(C)C1. The fourth-order valence-corrected chi connectivity index (χ4v) is 2.16. The lowest BCUT2D eigenvalue weighted by Gasteiger charge is -2.29. The van der Waals surface area contributed by atoms with Crippen molar-refractivity contribution in [2.24, 2.45) is 5.92 Å². The fourth-order valence-electron chi connectivity index (χ4n) is 2.16. The fraction of sp³-hybridized carbons (Fsp3) is 0.643. The Morgan fingerprint density at radius 1 is 1.50 bits per heavy atom. The average Bonchev–Trinajstić information content (AvgIpc) is 2.36. The van der Waals surface area contributed by atoms with Gasteiger partial charge in [0, 0.05) is 13.1 Å². The molecule has 0 aliphatic carbocycles. The normalized spacial score (nSPS) is 22.2. The van der Waals surface area contributed by atoms with Gasteiger partial charge in [-0.25, -0.2) is 4.79 Å². The van der Waals surface area contributed by atoms with Crippen molar-refractivity contribution in [2.75, 3.05) is 26.7 Å².